The average molecular weight is 457 g/mol. The van der Waals surface area contributed by atoms with Gasteiger partial charge in [-0.05, 0) is 68.0 Å². The van der Waals surface area contributed by atoms with Crippen LogP contribution in [0, 0.1) is 13.8 Å². The van der Waals surface area contributed by atoms with Gasteiger partial charge in [0, 0.05) is 17.6 Å². The van der Waals surface area contributed by atoms with Crippen LogP contribution in [0.3, 0.4) is 0 Å². The average Bonchev–Trinajstić information content (AvgIpc) is 3.25. The highest BCUT2D eigenvalue weighted by Gasteiger charge is 2.31. The lowest BCUT2D eigenvalue weighted by atomic mass is 10.1. The van der Waals surface area contributed by atoms with E-state index < -0.39 is 6.04 Å². The van der Waals surface area contributed by atoms with Crippen molar-refractivity contribution >= 4 is 23.4 Å². The van der Waals surface area contributed by atoms with Crippen molar-refractivity contribution in [3.8, 4) is 5.75 Å². The first kappa shape index (κ1) is 24.1. The summed E-state index contributed by atoms with van der Waals surface area (Å²) in [6.45, 7) is 6.03. The van der Waals surface area contributed by atoms with Crippen LogP contribution in [0.15, 0.2) is 42.5 Å². The van der Waals surface area contributed by atoms with Crippen LogP contribution in [0.2, 0.25) is 5.02 Å². The molecule has 2 aromatic carbocycles. The third kappa shape index (κ3) is 6.49. The summed E-state index contributed by atoms with van der Waals surface area (Å²) in [4.78, 5) is 28.1. The van der Waals surface area contributed by atoms with Gasteiger partial charge in [0.2, 0.25) is 5.91 Å². The molecular weight excluding hydrogens is 424 g/mol. The molecule has 1 unspecified atom stereocenters. The Balaban J connectivity index is 1.78. The fourth-order valence-electron chi connectivity index (χ4n) is 4.34. The van der Waals surface area contributed by atoms with E-state index in [1.165, 1.54) is 0 Å². The minimum absolute atomic E-state index is 0.105. The maximum Gasteiger partial charge on any atom is 0.261 e. The van der Waals surface area contributed by atoms with Crippen molar-refractivity contribution in [1.29, 1.82) is 0 Å². The molecule has 0 bridgehead atoms. The van der Waals surface area contributed by atoms with Gasteiger partial charge in [0.1, 0.15) is 11.8 Å². The predicted molar refractivity (Wildman–Crippen MR) is 128 cm³/mol. The molecule has 0 heterocycles. The molecule has 0 radical (unpaired) electrons. The number of nitrogens with one attached hydrogen (secondary N) is 1. The van der Waals surface area contributed by atoms with Gasteiger partial charge in [0.25, 0.3) is 5.91 Å². The Morgan fingerprint density at radius 3 is 2.41 bits per heavy atom. The van der Waals surface area contributed by atoms with Crippen LogP contribution in [-0.2, 0) is 16.1 Å². The van der Waals surface area contributed by atoms with Gasteiger partial charge in [-0.25, -0.2) is 0 Å². The molecule has 1 N–H and O–H groups in total. The summed E-state index contributed by atoms with van der Waals surface area (Å²) in [5, 5.41) is 3.72. The highest BCUT2D eigenvalue weighted by molar-refractivity contribution is 6.31. The quantitative estimate of drug-likeness (QED) is 0.564. The van der Waals surface area contributed by atoms with E-state index in [-0.39, 0.29) is 31.0 Å². The molecule has 6 heteroatoms. The third-order valence-corrected chi connectivity index (χ3v) is 6.31. The van der Waals surface area contributed by atoms with Crippen LogP contribution in [-0.4, -0.2) is 35.4 Å². The summed E-state index contributed by atoms with van der Waals surface area (Å²) in [6.07, 6.45) is 4.77. The first-order valence-corrected chi connectivity index (χ1v) is 11.8. The lowest BCUT2D eigenvalue weighted by Gasteiger charge is -2.31. The van der Waals surface area contributed by atoms with Crippen molar-refractivity contribution in [3.05, 3.63) is 64.2 Å². The molecule has 172 valence electrons. The van der Waals surface area contributed by atoms with Crippen molar-refractivity contribution in [2.24, 2.45) is 0 Å². The SMILES string of the molecule is CCC(C(=O)NC1CCCC1)N(Cc1ccccc1Cl)C(=O)COc1cc(C)cc(C)c1. The van der Waals surface area contributed by atoms with E-state index in [0.29, 0.717) is 17.2 Å². The standard InChI is InChI=1S/C26H33ClN2O3/c1-4-24(26(31)28-21-10-6-7-11-21)29(16-20-9-5-8-12-23(20)27)25(30)17-32-22-14-18(2)13-19(3)15-22/h5,8-9,12-15,21,24H,4,6-7,10-11,16-17H2,1-3H3,(H,28,31). The van der Waals surface area contributed by atoms with E-state index in [4.69, 9.17) is 16.3 Å². The van der Waals surface area contributed by atoms with Gasteiger partial charge >= 0.3 is 0 Å². The molecule has 1 atom stereocenters. The van der Waals surface area contributed by atoms with Crippen LogP contribution >= 0.6 is 11.6 Å². The first-order valence-electron chi connectivity index (χ1n) is 11.4. The number of hydrogen-bond donors (Lipinski definition) is 1. The number of carbonyl (C=O) groups is 2. The van der Waals surface area contributed by atoms with E-state index >= 15 is 0 Å². The van der Waals surface area contributed by atoms with Gasteiger partial charge in [-0.2, -0.15) is 0 Å². The topological polar surface area (TPSA) is 58.6 Å². The normalized spacial score (nSPS) is 14.8. The monoisotopic (exact) mass is 456 g/mol. The fourth-order valence-corrected chi connectivity index (χ4v) is 4.54. The molecule has 1 aliphatic carbocycles. The highest BCUT2D eigenvalue weighted by Crippen LogP contribution is 2.22. The second-order valence-corrected chi connectivity index (χ2v) is 9.05. The van der Waals surface area contributed by atoms with E-state index in [0.717, 1.165) is 42.4 Å². The van der Waals surface area contributed by atoms with E-state index in [1.807, 2.05) is 51.1 Å². The summed E-state index contributed by atoms with van der Waals surface area (Å²) in [6, 6.07) is 12.9. The zero-order chi connectivity index (χ0) is 23.1. The molecule has 2 amide bonds. The lowest BCUT2D eigenvalue weighted by molar-refractivity contribution is -0.143. The number of halogens is 1. The van der Waals surface area contributed by atoms with Gasteiger partial charge in [0.05, 0.1) is 0 Å². The van der Waals surface area contributed by atoms with Crippen LogP contribution in [0.4, 0.5) is 0 Å². The highest BCUT2D eigenvalue weighted by atomic mass is 35.5. The third-order valence-electron chi connectivity index (χ3n) is 5.94. The molecule has 0 saturated heterocycles. The van der Waals surface area contributed by atoms with E-state index in [2.05, 4.69) is 11.4 Å². The largest absolute Gasteiger partial charge is 0.484 e. The fraction of sp³-hybridized carbons (Fsp3) is 0.462. The Labute approximate surface area is 196 Å². The molecule has 2 aromatic rings. The van der Waals surface area contributed by atoms with Crippen LogP contribution in [0.1, 0.15) is 55.7 Å². The summed E-state index contributed by atoms with van der Waals surface area (Å²) in [7, 11) is 0. The zero-order valence-electron chi connectivity index (χ0n) is 19.2. The van der Waals surface area contributed by atoms with Gasteiger partial charge in [0.15, 0.2) is 6.61 Å². The molecule has 0 aromatic heterocycles. The summed E-state index contributed by atoms with van der Waals surface area (Å²) in [5.41, 5.74) is 2.95. The number of benzene rings is 2. The van der Waals surface area contributed by atoms with Gasteiger partial charge < -0.3 is 15.0 Å². The van der Waals surface area contributed by atoms with Crippen LogP contribution in [0.25, 0.3) is 0 Å². The van der Waals surface area contributed by atoms with Crippen molar-refractivity contribution in [2.45, 2.75) is 71.5 Å². The molecule has 1 saturated carbocycles. The molecule has 0 aliphatic heterocycles. The van der Waals surface area contributed by atoms with E-state index in [9.17, 15) is 9.59 Å². The lowest BCUT2D eigenvalue weighted by Crippen LogP contribution is -2.52. The van der Waals surface area contributed by atoms with Gasteiger partial charge in [-0.1, -0.05) is 55.6 Å². The molecule has 3 rings (SSSR count). The van der Waals surface area contributed by atoms with Crippen molar-refractivity contribution in [1.82, 2.24) is 10.2 Å². The second kappa shape index (κ2) is 11.4. The number of amides is 2. The van der Waals surface area contributed by atoms with E-state index in [1.54, 1.807) is 11.0 Å². The molecule has 5 nitrogen and oxygen atoms in total. The van der Waals surface area contributed by atoms with Crippen molar-refractivity contribution in [2.75, 3.05) is 6.61 Å². The van der Waals surface area contributed by atoms with Crippen molar-refractivity contribution < 1.29 is 14.3 Å². The zero-order valence-corrected chi connectivity index (χ0v) is 20.0. The number of aryl methyl sites for hydroxylation is 2. The Morgan fingerprint density at radius 1 is 1.12 bits per heavy atom. The van der Waals surface area contributed by atoms with Crippen LogP contribution < -0.4 is 10.1 Å². The number of rotatable bonds is 9. The minimum atomic E-state index is -0.581. The molecule has 0 spiro atoms. The maximum atomic E-state index is 13.3. The smallest absolute Gasteiger partial charge is 0.261 e. The molecule has 1 aliphatic rings. The number of hydrogen-bond acceptors (Lipinski definition) is 3. The molecular formula is C26H33ClN2O3. The minimum Gasteiger partial charge on any atom is -0.484 e. The van der Waals surface area contributed by atoms with Gasteiger partial charge in [-0.3, -0.25) is 9.59 Å². The number of nitrogens with zero attached hydrogens (tertiary/aromatic N) is 1. The number of ether oxygens (including phenoxy) is 1. The predicted octanol–water partition coefficient (Wildman–Crippen LogP) is 5.20. The Morgan fingerprint density at radius 2 is 1.78 bits per heavy atom. The second-order valence-electron chi connectivity index (χ2n) is 8.64. The Bertz CT molecular complexity index is 920. The molecule has 1 fully saturated rings. The summed E-state index contributed by atoms with van der Waals surface area (Å²) < 4.78 is 5.83. The molecule has 32 heavy (non-hydrogen) atoms. The maximum absolute atomic E-state index is 13.3. The Hall–Kier alpha value is -2.53. The van der Waals surface area contributed by atoms with Gasteiger partial charge in [-0.15, -0.1) is 0 Å². The summed E-state index contributed by atoms with van der Waals surface area (Å²) >= 11 is 6.38. The first-order chi connectivity index (χ1) is 15.4. The number of carbonyl (C=O) groups excluding carboxylic acids is 2. The summed E-state index contributed by atoms with van der Waals surface area (Å²) in [5.74, 6) is 0.306. The van der Waals surface area contributed by atoms with Crippen molar-refractivity contribution in [3.63, 3.8) is 0 Å². The Kier molecular flexibility index (Phi) is 8.57. The van der Waals surface area contributed by atoms with Crippen LogP contribution in [0.5, 0.6) is 5.75 Å².